The molecule has 0 atom stereocenters. The smallest absolute Gasteiger partial charge is 0.129 e. The number of aryl methyl sites for hydroxylation is 1. The van der Waals surface area contributed by atoms with Crippen LogP contribution in [-0.4, -0.2) is 9.55 Å². The van der Waals surface area contributed by atoms with Crippen LogP contribution in [0.25, 0.3) is 16.7 Å². The van der Waals surface area contributed by atoms with Crippen LogP contribution in [0.2, 0.25) is 5.02 Å². The molecule has 0 spiro atoms. The monoisotopic (exact) mass is 416 g/mol. The Labute approximate surface area is 140 Å². The second-order valence-corrected chi connectivity index (χ2v) is 6.51. The van der Waals surface area contributed by atoms with E-state index < -0.39 is 0 Å². The molecule has 0 amide bonds. The summed E-state index contributed by atoms with van der Waals surface area (Å²) in [6.07, 6.45) is 0. The van der Waals surface area contributed by atoms with Crippen molar-refractivity contribution >= 4 is 56.8 Å². The molecule has 3 rings (SSSR count). The number of halogens is 3. The molecular formula is C15H11Cl2IN2. The van der Waals surface area contributed by atoms with Gasteiger partial charge >= 0.3 is 0 Å². The molecule has 1 aromatic heterocycles. The van der Waals surface area contributed by atoms with Gasteiger partial charge in [-0.3, -0.25) is 4.57 Å². The van der Waals surface area contributed by atoms with E-state index in [-0.39, 0.29) is 0 Å². The van der Waals surface area contributed by atoms with E-state index >= 15 is 0 Å². The molecule has 0 fully saturated rings. The highest BCUT2D eigenvalue weighted by Gasteiger charge is 2.14. The first-order valence-corrected chi connectivity index (χ1v) is 8.08. The molecule has 0 aliphatic heterocycles. The number of benzene rings is 2. The number of hydrogen-bond acceptors (Lipinski definition) is 1. The quantitative estimate of drug-likeness (QED) is 0.407. The molecule has 0 unspecified atom stereocenters. The minimum Gasteiger partial charge on any atom is -0.294 e. The topological polar surface area (TPSA) is 17.8 Å². The van der Waals surface area contributed by atoms with E-state index in [1.165, 1.54) is 5.56 Å². The fraction of sp³-hybridized carbons (Fsp3) is 0.133. The lowest BCUT2D eigenvalue weighted by molar-refractivity contribution is 0.981. The highest BCUT2D eigenvalue weighted by Crippen LogP contribution is 2.29. The van der Waals surface area contributed by atoms with E-state index in [0.29, 0.717) is 10.9 Å². The van der Waals surface area contributed by atoms with Crippen molar-refractivity contribution in [2.24, 2.45) is 0 Å². The number of hydrogen-bond donors (Lipinski definition) is 0. The summed E-state index contributed by atoms with van der Waals surface area (Å²) in [6, 6.07) is 12.1. The number of aromatic nitrogens is 2. The zero-order valence-electron chi connectivity index (χ0n) is 10.7. The van der Waals surface area contributed by atoms with Crippen LogP contribution in [0.15, 0.2) is 36.4 Å². The summed E-state index contributed by atoms with van der Waals surface area (Å²) in [5.41, 5.74) is 4.06. The zero-order valence-corrected chi connectivity index (χ0v) is 14.4. The van der Waals surface area contributed by atoms with Gasteiger partial charge in [0.15, 0.2) is 0 Å². The third kappa shape index (κ3) is 2.43. The van der Waals surface area contributed by atoms with E-state index in [2.05, 4.69) is 40.6 Å². The van der Waals surface area contributed by atoms with Crippen molar-refractivity contribution in [2.75, 3.05) is 0 Å². The average molecular weight is 417 g/mol. The zero-order chi connectivity index (χ0) is 14.3. The maximum absolute atomic E-state index is 6.39. The van der Waals surface area contributed by atoms with Gasteiger partial charge in [0.2, 0.25) is 0 Å². The first-order valence-electron chi connectivity index (χ1n) is 6.09. The van der Waals surface area contributed by atoms with E-state index in [0.717, 1.165) is 26.1 Å². The van der Waals surface area contributed by atoms with Crippen LogP contribution in [0.3, 0.4) is 0 Å². The van der Waals surface area contributed by atoms with E-state index in [4.69, 9.17) is 23.2 Å². The lowest BCUT2D eigenvalue weighted by Crippen LogP contribution is -2.00. The van der Waals surface area contributed by atoms with Gasteiger partial charge in [-0.2, -0.15) is 0 Å². The highest BCUT2D eigenvalue weighted by molar-refractivity contribution is 14.1. The Morgan fingerprint density at radius 2 is 2.00 bits per heavy atom. The fourth-order valence-corrected chi connectivity index (χ4v) is 3.38. The highest BCUT2D eigenvalue weighted by atomic mass is 127. The number of imidazole rings is 1. The number of fused-ring (bicyclic) bond motifs is 1. The Kier molecular flexibility index (Phi) is 3.93. The number of nitrogens with zero attached hydrogens (tertiary/aromatic N) is 2. The van der Waals surface area contributed by atoms with Crippen molar-refractivity contribution in [1.82, 2.24) is 9.55 Å². The summed E-state index contributed by atoms with van der Waals surface area (Å²) < 4.78 is 3.14. The predicted molar refractivity (Wildman–Crippen MR) is 93.1 cm³/mol. The Bertz CT molecular complexity index is 796. The van der Waals surface area contributed by atoms with Crippen molar-refractivity contribution < 1.29 is 0 Å². The van der Waals surface area contributed by atoms with Crippen LogP contribution < -0.4 is 0 Å². The van der Waals surface area contributed by atoms with Crippen LogP contribution in [-0.2, 0) is 5.88 Å². The normalized spacial score (nSPS) is 11.2. The van der Waals surface area contributed by atoms with E-state index in [9.17, 15) is 0 Å². The van der Waals surface area contributed by atoms with Crippen molar-refractivity contribution in [3.05, 3.63) is 56.4 Å². The standard InChI is InChI=1S/C15H11Cl2IN2/c1-9-2-4-12-14(6-9)20(15(8-16)19-12)13-5-3-10(18)7-11(13)17/h2-7H,8H2,1H3. The minimum absolute atomic E-state index is 0.343. The van der Waals surface area contributed by atoms with Crippen LogP contribution in [0, 0.1) is 10.5 Å². The van der Waals surface area contributed by atoms with Crippen molar-refractivity contribution in [3.8, 4) is 5.69 Å². The first kappa shape index (κ1) is 14.2. The molecule has 0 bridgehead atoms. The maximum Gasteiger partial charge on any atom is 0.129 e. The van der Waals surface area contributed by atoms with Gasteiger partial charge in [0.1, 0.15) is 5.82 Å². The van der Waals surface area contributed by atoms with Gasteiger partial charge in [-0.25, -0.2) is 4.98 Å². The third-order valence-electron chi connectivity index (χ3n) is 3.15. The van der Waals surface area contributed by atoms with Crippen molar-refractivity contribution in [3.63, 3.8) is 0 Å². The Balaban J connectivity index is 2.36. The molecule has 0 radical (unpaired) electrons. The first-order chi connectivity index (χ1) is 9.60. The average Bonchev–Trinajstić information content (AvgIpc) is 2.76. The molecule has 2 nitrogen and oxygen atoms in total. The SMILES string of the molecule is Cc1ccc2nc(CCl)n(-c3ccc(I)cc3Cl)c2c1. The van der Waals surface area contributed by atoms with Crippen LogP contribution in [0.5, 0.6) is 0 Å². The summed E-state index contributed by atoms with van der Waals surface area (Å²) in [4.78, 5) is 4.58. The molecule has 3 aromatic rings. The van der Waals surface area contributed by atoms with Gasteiger partial charge in [0, 0.05) is 3.57 Å². The van der Waals surface area contributed by atoms with Gasteiger partial charge in [-0.1, -0.05) is 17.7 Å². The van der Waals surface area contributed by atoms with Gasteiger partial charge in [-0.15, -0.1) is 11.6 Å². The lowest BCUT2D eigenvalue weighted by atomic mass is 10.2. The number of rotatable bonds is 2. The summed E-state index contributed by atoms with van der Waals surface area (Å²) in [6.45, 7) is 2.06. The molecule has 0 saturated carbocycles. The minimum atomic E-state index is 0.343. The lowest BCUT2D eigenvalue weighted by Gasteiger charge is -2.10. The van der Waals surface area contributed by atoms with E-state index in [1.54, 1.807) is 0 Å². The molecule has 0 aliphatic rings. The Hall–Kier alpha value is -0.780. The second kappa shape index (κ2) is 5.54. The molecule has 0 saturated heterocycles. The fourth-order valence-electron chi connectivity index (χ4n) is 2.26. The molecule has 2 aromatic carbocycles. The summed E-state index contributed by atoms with van der Waals surface area (Å²) in [5, 5.41) is 0.698. The van der Waals surface area contributed by atoms with Crippen LogP contribution in [0.4, 0.5) is 0 Å². The Morgan fingerprint density at radius 1 is 1.20 bits per heavy atom. The largest absolute Gasteiger partial charge is 0.294 e. The van der Waals surface area contributed by atoms with Crippen LogP contribution >= 0.6 is 45.8 Å². The molecule has 5 heteroatoms. The predicted octanol–water partition coefficient (Wildman–Crippen LogP) is 5.33. The maximum atomic E-state index is 6.39. The van der Waals surface area contributed by atoms with E-state index in [1.807, 2.05) is 34.9 Å². The van der Waals surface area contributed by atoms with Gasteiger partial charge < -0.3 is 0 Å². The number of alkyl halides is 1. The Morgan fingerprint density at radius 3 is 2.70 bits per heavy atom. The van der Waals surface area contributed by atoms with Crippen molar-refractivity contribution in [2.45, 2.75) is 12.8 Å². The second-order valence-electron chi connectivity index (χ2n) is 4.58. The molecule has 102 valence electrons. The molecule has 0 N–H and O–H groups in total. The van der Waals surface area contributed by atoms with Crippen molar-refractivity contribution in [1.29, 1.82) is 0 Å². The van der Waals surface area contributed by atoms with Gasteiger partial charge in [0.25, 0.3) is 0 Å². The third-order valence-corrected chi connectivity index (χ3v) is 4.36. The molecular weight excluding hydrogens is 406 g/mol. The van der Waals surface area contributed by atoms with Crippen LogP contribution in [0.1, 0.15) is 11.4 Å². The van der Waals surface area contributed by atoms with Gasteiger partial charge in [0.05, 0.1) is 27.6 Å². The molecule has 20 heavy (non-hydrogen) atoms. The summed E-state index contributed by atoms with van der Waals surface area (Å²) in [7, 11) is 0. The summed E-state index contributed by atoms with van der Waals surface area (Å²) >= 11 is 14.7. The van der Waals surface area contributed by atoms with Gasteiger partial charge in [-0.05, 0) is 65.4 Å². The summed E-state index contributed by atoms with van der Waals surface area (Å²) in [5.74, 6) is 1.14. The molecule has 0 aliphatic carbocycles. The molecule has 1 heterocycles.